The number of carbonyl (C=O) groups is 1. The molecule has 109 valence electrons. The summed E-state index contributed by atoms with van der Waals surface area (Å²) in [5.41, 5.74) is 0.331. The Kier molecular flexibility index (Phi) is 6.35. The van der Waals surface area contributed by atoms with Gasteiger partial charge in [0, 0.05) is 0 Å². The summed E-state index contributed by atoms with van der Waals surface area (Å²) in [6, 6.07) is 29.3. The third-order valence-corrected chi connectivity index (χ3v) is 3.90. The Morgan fingerprint density at radius 3 is 1.32 bits per heavy atom. The average molecular weight is 307 g/mol. The number of hydrogen-bond donors (Lipinski definition) is 1. The van der Waals surface area contributed by atoms with Crippen molar-refractivity contribution in [1.29, 1.82) is 0 Å². The van der Waals surface area contributed by atoms with Crippen LogP contribution in [0.25, 0.3) is 0 Å². The van der Waals surface area contributed by atoms with Crippen molar-refractivity contribution < 1.29 is 9.90 Å². The molecule has 22 heavy (non-hydrogen) atoms. The Bertz CT molecular complexity index is 645. The second-order valence-electron chi connectivity index (χ2n) is 4.45. The average Bonchev–Trinajstić information content (AvgIpc) is 2.58. The largest absolute Gasteiger partial charge is 0.478 e. The summed E-state index contributed by atoms with van der Waals surface area (Å²) in [6.45, 7) is 0. The van der Waals surface area contributed by atoms with E-state index in [1.807, 2.05) is 12.1 Å². The van der Waals surface area contributed by atoms with Crippen LogP contribution in [0.15, 0.2) is 91.0 Å². The molecule has 3 rings (SSSR count). The molecule has 0 aromatic heterocycles. The molecule has 1 radical (unpaired) electrons. The fourth-order valence-electron chi connectivity index (χ4n) is 1.73. The van der Waals surface area contributed by atoms with Crippen LogP contribution in [-0.2, 0) is 0 Å². The minimum absolute atomic E-state index is 0.331. The standard InChI is InChI=1S/C12H10P.C7H6O2/c1-3-7-11(8-4-1)13-12-9-5-2-6-10-12;8-7(9)6-4-2-1-3-5-6/h1-10H;1-5H,(H,8,9). The molecule has 2 nitrogen and oxygen atoms in total. The highest BCUT2D eigenvalue weighted by Gasteiger charge is 1.96. The van der Waals surface area contributed by atoms with E-state index in [-0.39, 0.29) is 0 Å². The van der Waals surface area contributed by atoms with Gasteiger partial charge >= 0.3 is 5.97 Å². The molecule has 3 aromatic carbocycles. The van der Waals surface area contributed by atoms with Gasteiger partial charge in [-0.1, -0.05) is 78.9 Å². The highest BCUT2D eigenvalue weighted by Crippen LogP contribution is 2.08. The Balaban J connectivity index is 0.000000172. The number of hydrogen-bond acceptors (Lipinski definition) is 1. The second kappa shape index (κ2) is 8.76. The Labute approximate surface area is 132 Å². The van der Waals surface area contributed by atoms with Crippen molar-refractivity contribution in [3.8, 4) is 0 Å². The van der Waals surface area contributed by atoms with Crippen LogP contribution in [0.4, 0.5) is 0 Å². The van der Waals surface area contributed by atoms with E-state index in [0.717, 1.165) is 0 Å². The van der Waals surface area contributed by atoms with Crippen LogP contribution in [0.5, 0.6) is 0 Å². The first-order chi connectivity index (χ1) is 10.8. The molecule has 0 unspecified atom stereocenters. The zero-order chi connectivity index (χ0) is 15.6. The van der Waals surface area contributed by atoms with Crippen LogP contribution >= 0.6 is 8.58 Å². The fraction of sp³-hybridized carbons (Fsp3) is 0. The molecular weight excluding hydrogens is 291 g/mol. The van der Waals surface area contributed by atoms with Gasteiger partial charge in [-0.15, -0.1) is 0 Å². The molecule has 0 aliphatic rings. The maximum atomic E-state index is 10.2. The number of aromatic carboxylic acids is 1. The van der Waals surface area contributed by atoms with Gasteiger partial charge in [0.25, 0.3) is 0 Å². The molecule has 0 aliphatic heterocycles. The van der Waals surface area contributed by atoms with Crippen molar-refractivity contribution in [2.75, 3.05) is 0 Å². The molecule has 0 atom stereocenters. The molecular formula is C19H16O2P. The number of carboxylic acids is 1. The lowest BCUT2D eigenvalue weighted by atomic mass is 10.2. The Hall–Kier alpha value is -2.44. The molecule has 0 spiro atoms. The van der Waals surface area contributed by atoms with Crippen LogP contribution in [0.2, 0.25) is 0 Å². The van der Waals surface area contributed by atoms with Gasteiger partial charge < -0.3 is 5.11 Å². The molecule has 0 heterocycles. The lowest BCUT2D eigenvalue weighted by Crippen LogP contribution is -2.01. The van der Waals surface area contributed by atoms with Gasteiger partial charge in [-0.25, -0.2) is 4.79 Å². The van der Waals surface area contributed by atoms with E-state index in [0.29, 0.717) is 5.56 Å². The SMILES string of the molecule is O=C(O)c1ccccc1.c1ccc([P]c2ccccc2)cc1. The van der Waals surface area contributed by atoms with Crippen LogP contribution in [0, 0.1) is 0 Å². The summed E-state index contributed by atoms with van der Waals surface area (Å²) in [7, 11) is 1.28. The van der Waals surface area contributed by atoms with Crippen molar-refractivity contribution in [1.82, 2.24) is 0 Å². The molecule has 0 saturated heterocycles. The third-order valence-electron chi connectivity index (χ3n) is 2.79. The molecule has 3 aromatic rings. The maximum Gasteiger partial charge on any atom is 0.335 e. The number of carboxylic acid groups (broad SMARTS) is 1. The van der Waals surface area contributed by atoms with Gasteiger partial charge in [-0.2, -0.15) is 0 Å². The molecule has 0 amide bonds. The van der Waals surface area contributed by atoms with Gasteiger partial charge in [0.1, 0.15) is 0 Å². The fourth-order valence-corrected chi connectivity index (χ4v) is 2.68. The Morgan fingerprint density at radius 1 is 0.636 bits per heavy atom. The van der Waals surface area contributed by atoms with Crippen molar-refractivity contribution in [3.63, 3.8) is 0 Å². The minimum atomic E-state index is -0.879. The summed E-state index contributed by atoms with van der Waals surface area (Å²) in [5, 5.41) is 11.1. The number of benzene rings is 3. The van der Waals surface area contributed by atoms with E-state index >= 15 is 0 Å². The van der Waals surface area contributed by atoms with E-state index in [1.54, 1.807) is 30.3 Å². The minimum Gasteiger partial charge on any atom is -0.478 e. The molecule has 0 bridgehead atoms. The summed E-state index contributed by atoms with van der Waals surface area (Å²) in [4.78, 5) is 10.2. The van der Waals surface area contributed by atoms with Crippen LogP contribution < -0.4 is 10.6 Å². The van der Waals surface area contributed by atoms with Crippen molar-refractivity contribution >= 4 is 25.2 Å². The monoisotopic (exact) mass is 307 g/mol. The van der Waals surface area contributed by atoms with Crippen molar-refractivity contribution in [2.24, 2.45) is 0 Å². The van der Waals surface area contributed by atoms with Crippen LogP contribution in [-0.4, -0.2) is 11.1 Å². The lowest BCUT2D eigenvalue weighted by molar-refractivity contribution is 0.0697. The van der Waals surface area contributed by atoms with Crippen molar-refractivity contribution in [3.05, 3.63) is 96.6 Å². The van der Waals surface area contributed by atoms with Gasteiger partial charge in [-0.3, -0.25) is 0 Å². The molecule has 3 heteroatoms. The van der Waals surface area contributed by atoms with E-state index < -0.39 is 5.97 Å². The van der Waals surface area contributed by atoms with E-state index in [2.05, 4.69) is 48.5 Å². The molecule has 1 N–H and O–H groups in total. The summed E-state index contributed by atoms with van der Waals surface area (Å²) in [6.07, 6.45) is 0. The summed E-state index contributed by atoms with van der Waals surface area (Å²) in [5.74, 6) is -0.879. The molecule has 0 saturated carbocycles. The summed E-state index contributed by atoms with van der Waals surface area (Å²) >= 11 is 0. The lowest BCUT2D eigenvalue weighted by Gasteiger charge is -1.98. The zero-order valence-electron chi connectivity index (χ0n) is 12.0. The van der Waals surface area contributed by atoms with Crippen LogP contribution in [0.3, 0.4) is 0 Å². The highest BCUT2D eigenvalue weighted by molar-refractivity contribution is 7.55. The molecule has 0 aliphatic carbocycles. The predicted molar refractivity (Wildman–Crippen MR) is 92.5 cm³/mol. The van der Waals surface area contributed by atoms with E-state index in [4.69, 9.17) is 5.11 Å². The summed E-state index contributed by atoms with van der Waals surface area (Å²) < 4.78 is 0. The number of rotatable bonds is 3. The normalized spacial score (nSPS) is 9.45. The third kappa shape index (κ3) is 5.51. The van der Waals surface area contributed by atoms with Gasteiger partial charge in [0.15, 0.2) is 0 Å². The van der Waals surface area contributed by atoms with E-state index in [9.17, 15) is 4.79 Å². The van der Waals surface area contributed by atoms with Gasteiger partial charge in [-0.05, 0) is 31.3 Å². The quantitative estimate of drug-likeness (QED) is 0.743. The topological polar surface area (TPSA) is 37.3 Å². The first-order valence-corrected chi connectivity index (χ1v) is 7.75. The van der Waals surface area contributed by atoms with Gasteiger partial charge in [0.2, 0.25) is 0 Å². The second-order valence-corrected chi connectivity index (χ2v) is 5.71. The predicted octanol–water partition coefficient (Wildman–Crippen LogP) is 3.97. The van der Waals surface area contributed by atoms with Crippen LogP contribution in [0.1, 0.15) is 10.4 Å². The first-order valence-electron chi connectivity index (χ1n) is 6.86. The van der Waals surface area contributed by atoms with E-state index in [1.165, 1.54) is 19.2 Å². The first kappa shape index (κ1) is 15.9. The maximum absolute atomic E-state index is 10.2. The smallest absolute Gasteiger partial charge is 0.335 e. The zero-order valence-corrected chi connectivity index (χ0v) is 12.9. The highest BCUT2D eigenvalue weighted by atomic mass is 31.1. The van der Waals surface area contributed by atoms with Crippen molar-refractivity contribution in [2.45, 2.75) is 0 Å². The Morgan fingerprint density at radius 2 is 1.00 bits per heavy atom. The molecule has 0 fully saturated rings. The van der Waals surface area contributed by atoms with Gasteiger partial charge in [0.05, 0.1) is 5.56 Å².